The molecular weight excluding hydrogens is 352 g/mol. The van der Waals surface area contributed by atoms with Crippen molar-refractivity contribution >= 4 is 23.6 Å². The number of carbonyl (C=O) groups is 2. The molecule has 0 bridgehead atoms. The number of rotatable bonds is 6. The lowest BCUT2D eigenvalue weighted by Gasteiger charge is -2.48. The molecule has 6 nitrogen and oxygen atoms in total. The van der Waals surface area contributed by atoms with E-state index in [0.717, 1.165) is 16.9 Å². The van der Waals surface area contributed by atoms with Gasteiger partial charge in [-0.3, -0.25) is 9.69 Å². The zero-order valence-corrected chi connectivity index (χ0v) is 15.2. The largest absolute Gasteiger partial charge is 0.497 e. The topological polar surface area (TPSA) is 81.9 Å². The monoisotopic (exact) mass is 372 g/mol. The molecule has 0 aliphatic carbocycles. The van der Waals surface area contributed by atoms with Crippen LogP contribution in [0.3, 0.4) is 0 Å². The number of allylic oxidation sites excluding steroid dienone is 3. The second-order valence-corrected chi connectivity index (χ2v) is 6.93. The molecule has 3 rings (SSSR count). The number of hydrogen-bond donors (Lipinski definition) is 1. The SMILES string of the molecule is C=CC=CC1=C(C(=O)OCc2ccc(OC)cc2)N2C(=O)C(N)[C@H]2SC1. The van der Waals surface area contributed by atoms with Gasteiger partial charge in [0.2, 0.25) is 5.91 Å². The average molecular weight is 372 g/mol. The van der Waals surface area contributed by atoms with E-state index in [1.807, 2.05) is 12.1 Å². The van der Waals surface area contributed by atoms with E-state index in [1.54, 1.807) is 37.5 Å². The van der Waals surface area contributed by atoms with Crippen LogP contribution in [0.1, 0.15) is 5.56 Å². The fourth-order valence-electron chi connectivity index (χ4n) is 2.78. The van der Waals surface area contributed by atoms with Gasteiger partial charge in [-0.1, -0.05) is 36.9 Å². The Bertz CT molecular complexity index is 785. The third kappa shape index (κ3) is 3.40. The van der Waals surface area contributed by atoms with Gasteiger partial charge in [0.1, 0.15) is 29.5 Å². The zero-order valence-electron chi connectivity index (χ0n) is 14.4. The first-order chi connectivity index (χ1) is 12.6. The van der Waals surface area contributed by atoms with Crippen molar-refractivity contribution in [2.24, 2.45) is 5.73 Å². The first-order valence-corrected chi connectivity index (χ1v) is 9.14. The van der Waals surface area contributed by atoms with Gasteiger partial charge in [-0.05, 0) is 23.3 Å². The van der Waals surface area contributed by atoms with Gasteiger partial charge in [0.05, 0.1) is 7.11 Å². The number of thioether (sulfide) groups is 1. The number of esters is 1. The third-order valence-corrected chi connectivity index (χ3v) is 5.52. The van der Waals surface area contributed by atoms with Gasteiger partial charge < -0.3 is 15.2 Å². The van der Waals surface area contributed by atoms with Crippen molar-refractivity contribution in [1.29, 1.82) is 0 Å². The molecule has 2 heterocycles. The number of methoxy groups -OCH3 is 1. The van der Waals surface area contributed by atoms with Crippen LogP contribution in [-0.2, 0) is 20.9 Å². The van der Waals surface area contributed by atoms with E-state index in [9.17, 15) is 9.59 Å². The van der Waals surface area contributed by atoms with Gasteiger partial charge in [-0.25, -0.2) is 4.79 Å². The maximum Gasteiger partial charge on any atom is 0.355 e. The molecule has 1 unspecified atom stereocenters. The van der Waals surface area contributed by atoms with Crippen LogP contribution in [0.4, 0.5) is 0 Å². The van der Waals surface area contributed by atoms with Gasteiger partial charge in [-0.15, -0.1) is 11.8 Å². The van der Waals surface area contributed by atoms with Gasteiger partial charge in [0, 0.05) is 5.75 Å². The second-order valence-electron chi connectivity index (χ2n) is 5.83. The van der Waals surface area contributed by atoms with E-state index in [0.29, 0.717) is 5.75 Å². The van der Waals surface area contributed by atoms with E-state index in [4.69, 9.17) is 15.2 Å². The summed E-state index contributed by atoms with van der Waals surface area (Å²) < 4.78 is 10.6. The van der Waals surface area contributed by atoms with Crippen LogP contribution < -0.4 is 10.5 Å². The van der Waals surface area contributed by atoms with E-state index in [1.165, 1.54) is 16.7 Å². The van der Waals surface area contributed by atoms with Crippen molar-refractivity contribution in [3.8, 4) is 5.75 Å². The second kappa shape index (κ2) is 7.80. The summed E-state index contributed by atoms with van der Waals surface area (Å²) >= 11 is 1.54. The molecule has 1 aromatic rings. The fraction of sp³-hybridized carbons (Fsp3) is 0.263. The van der Waals surface area contributed by atoms with Crippen LogP contribution in [0.25, 0.3) is 0 Å². The minimum absolute atomic E-state index is 0.108. The Kier molecular flexibility index (Phi) is 5.49. The van der Waals surface area contributed by atoms with E-state index in [2.05, 4.69) is 6.58 Å². The summed E-state index contributed by atoms with van der Waals surface area (Å²) in [7, 11) is 1.59. The third-order valence-electron chi connectivity index (χ3n) is 4.19. The summed E-state index contributed by atoms with van der Waals surface area (Å²) in [6, 6.07) is 6.67. The minimum Gasteiger partial charge on any atom is -0.497 e. The van der Waals surface area contributed by atoms with Crippen LogP contribution >= 0.6 is 11.8 Å². The number of nitrogens with two attached hydrogens (primary N) is 1. The summed E-state index contributed by atoms with van der Waals surface area (Å²) in [5, 5.41) is -0.216. The summed E-state index contributed by atoms with van der Waals surface area (Å²) in [6.07, 6.45) is 5.13. The molecule has 2 aliphatic rings. The molecular formula is C19H20N2O4S. The zero-order chi connectivity index (χ0) is 18.7. The molecule has 1 amide bonds. The Hall–Kier alpha value is -2.51. The highest BCUT2D eigenvalue weighted by molar-refractivity contribution is 8.00. The molecule has 0 spiro atoms. The molecule has 26 heavy (non-hydrogen) atoms. The molecule has 0 radical (unpaired) electrons. The smallest absolute Gasteiger partial charge is 0.355 e. The van der Waals surface area contributed by atoms with Crippen molar-refractivity contribution < 1.29 is 19.1 Å². The van der Waals surface area contributed by atoms with Crippen LogP contribution in [0, 0.1) is 0 Å². The number of ether oxygens (including phenoxy) is 2. The summed E-state index contributed by atoms with van der Waals surface area (Å²) in [4.78, 5) is 26.3. The Labute approximate surface area is 156 Å². The quantitative estimate of drug-likeness (QED) is 0.467. The molecule has 0 saturated carbocycles. The molecule has 2 atom stereocenters. The standard InChI is InChI=1S/C19H20N2O4S/c1-3-4-5-13-11-26-18-15(20)17(22)21(18)16(13)19(23)25-10-12-6-8-14(24-2)9-7-12/h3-9,15,18H,1,10-11,20H2,2H3/t15?,18-/m1/s1. The predicted molar refractivity (Wildman–Crippen MR) is 100 cm³/mol. The predicted octanol–water partition coefficient (Wildman–Crippen LogP) is 1.98. The van der Waals surface area contributed by atoms with E-state index < -0.39 is 12.0 Å². The molecule has 136 valence electrons. The van der Waals surface area contributed by atoms with E-state index >= 15 is 0 Å². The first kappa shape index (κ1) is 18.3. The van der Waals surface area contributed by atoms with Gasteiger partial charge in [0.15, 0.2) is 0 Å². The Morgan fingerprint density at radius 1 is 1.42 bits per heavy atom. The van der Waals surface area contributed by atoms with Crippen LogP contribution in [0.5, 0.6) is 5.75 Å². The highest BCUT2D eigenvalue weighted by Crippen LogP contribution is 2.40. The number of β-lactam (4-membered cyclic amide) rings is 1. The van der Waals surface area contributed by atoms with Crippen molar-refractivity contribution in [2.75, 3.05) is 12.9 Å². The Morgan fingerprint density at radius 3 is 2.81 bits per heavy atom. The molecule has 0 aromatic heterocycles. The molecule has 2 N–H and O–H groups in total. The van der Waals surface area contributed by atoms with Crippen molar-refractivity contribution in [3.63, 3.8) is 0 Å². The van der Waals surface area contributed by atoms with Crippen molar-refractivity contribution in [3.05, 3.63) is 65.9 Å². The number of carbonyl (C=O) groups excluding carboxylic acids is 2. The number of amides is 1. The van der Waals surface area contributed by atoms with Gasteiger partial charge in [-0.2, -0.15) is 0 Å². The Morgan fingerprint density at radius 2 is 2.15 bits per heavy atom. The van der Waals surface area contributed by atoms with Gasteiger partial charge in [0.25, 0.3) is 0 Å². The molecule has 1 aromatic carbocycles. The van der Waals surface area contributed by atoms with Crippen molar-refractivity contribution in [2.45, 2.75) is 18.0 Å². The highest BCUT2D eigenvalue weighted by atomic mass is 32.2. The summed E-state index contributed by atoms with van der Waals surface area (Å²) in [6.45, 7) is 3.74. The van der Waals surface area contributed by atoms with Crippen LogP contribution in [0.15, 0.2) is 60.3 Å². The molecule has 1 fully saturated rings. The van der Waals surface area contributed by atoms with E-state index in [-0.39, 0.29) is 23.6 Å². The molecule has 2 aliphatic heterocycles. The fourth-order valence-corrected chi connectivity index (χ4v) is 4.05. The number of nitrogens with zero attached hydrogens (tertiary/aromatic N) is 1. The van der Waals surface area contributed by atoms with Crippen LogP contribution in [0.2, 0.25) is 0 Å². The average Bonchev–Trinajstić information content (AvgIpc) is 2.69. The molecule has 1 saturated heterocycles. The highest BCUT2D eigenvalue weighted by Gasteiger charge is 2.51. The maximum atomic E-state index is 12.7. The first-order valence-electron chi connectivity index (χ1n) is 8.09. The lowest BCUT2D eigenvalue weighted by molar-refractivity contribution is -0.151. The lowest BCUT2D eigenvalue weighted by atomic mass is 10.0. The normalized spacial score (nSPS) is 22.1. The minimum atomic E-state index is -0.575. The van der Waals surface area contributed by atoms with Crippen LogP contribution in [-0.4, -0.2) is 41.1 Å². The lowest BCUT2D eigenvalue weighted by Crippen LogP contribution is -2.68. The maximum absolute atomic E-state index is 12.7. The number of hydrogen-bond acceptors (Lipinski definition) is 6. The Balaban J connectivity index is 1.78. The van der Waals surface area contributed by atoms with Crippen molar-refractivity contribution in [1.82, 2.24) is 4.90 Å². The number of fused-ring (bicyclic) bond motifs is 1. The summed E-state index contributed by atoms with van der Waals surface area (Å²) in [5.41, 5.74) is 7.67. The summed E-state index contributed by atoms with van der Waals surface area (Å²) in [5.74, 6) is 0.518. The van der Waals surface area contributed by atoms with Gasteiger partial charge >= 0.3 is 5.97 Å². The number of benzene rings is 1. The molecule has 7 heteroatoms.